The van der Waals surface area contributed by atoms with E-state index in [4.69, 9.17) is 5.11 Å². The van der Waals surface area contributed by atoms with Crippen LogP contribution in [0.2, 0.25) is 0 Å². The summed E-state index contributed by atoms with van der Waals surface area (Å²) in [5.41, 5.74) is 0. The van der Waals surface area contributed by atoms with Crippen molar-refractivity contribution in [3.8, 4) is 0 Å². The predicted molar refractivity (Wildman–Crippen MR) is 55.6 cm³/mol. The third kappa shape index (κ3) is 2.95. The molecule has 1 aliphatic rings. The fourth-order valence-electron chi connectivity index (χ4n) is 1.61. The van der Waals surface area contributed by atoms with E-state index in [9.17, 15) is 14.4 Å². The topological polar surface area (TPSA) is 86.7 Å². The molecule has 1 saturated heterocycles. The van der Waals surface area contributed by atoms with Crippen molar-refractivity contribution in [1.82, 2.24) is 10.2 Å². The Labute approximate surface area is 93.6 Å². The smallest absolute Gasteiger partial charge is 0.311 e. The van der Waals surface area contributed by atoms with Crippen LogP contribution in [0.1, 0.15) is 20.3 Å². The SMILES string of the molecule is CC(C)NC(=O)C(=O)N1CCC(C(=O)O)C1. The van der Waals surface area contributed by atoms with Gasteiger partial charge in [-0.2, -0.15) is 0 Å². The maximum Gasteiger partial charge on any atom is 0.311 e. The molecule has 0 saturated carbocycles. The Kier molecular flexibility index (Phi) is 3.87. The highest BCUT2D eigenvalue weighted by Gasteiger charge is 2.33. The molecule has 1 heterocycles. The highest BCUT2D eigenvalue weighted by Crippen LogP contribution is 2.16. The normalized spacial score (nSPS) is 19.9. The molecule has 6 nitrogen and oxygen atoms in total. The van der Waals surface area contributed by atoms with Crippen LogP contribution in [0.15, 0.2) is 0 Å². The number of likely N-dealkylation sites (tertiary alicyclic amines) is 1. The summed E-state index contributed by atoms with van der Waals surface area (Å²) in [6.45, 7) is 3.98. The summed E-state index contributed by atoms with van der Waals surface area (Å²) in [6, 6.07) is -0.102. The molecule has 0 aromatic heterocycles. The zero-order valence-electron chi connectivity index (χ0n) is 9.40. The zero-order valence-corrected chi connectivity index (χ0v) is 9.40. The van der Waals surface area contributed by atoms with Crippen molar-refractivity contribution < 1.29 is 19.5 Å². The van der Waals surface area contributed by atoms with Crippen molar-refractivity contribution in [2.75, 3.05) is 13.1 Å². The van der Waals surface area contributed by atoms with Gasteiger partial charge < -0.3 is 15.3 Å². The second-order valence-electron chi connectivity index (χ2n) is 4.20. The number of nitrogens with one attached hydrogen (secondary N) is 1. The average Bonchev–Trinajstić information content (AvgIpc) is 2.64. The Hall–Kier alpha value is -1.59. The summed E-state index contributed by atoms with van der Waals surface area (Å²) >= 11 is 0. The fourth-order valence-corrected chi connectivity index (χ4v) is 1.61. The second kappa shape index (κ2) is 4.96. The maximum absolute atomic E-state index is 11.6. The molecule has 6 heteroatoms. The minimum Gasteiger partial charge on any atom is -0.481 e. The molecule has 0 aliphatic carbocycles. The van der Waals surface area contributed by atoms with E-state index in [1.54, 1.807) is 13.8 Å². The molecule has 0 radical (unpaired) electrons. The van der Waals surface area contributed by atoms with Crippen LogP contribution >= 0.6 is 0 Å². The minimum atomic E-state index is -0.917. The lowest BCUT2D eigenvalue weighted by atomic mass is 10.1. The molecular weight excluding hydrogens is 212 g/mol. The first-order valence-corrected chi connectivity index (χ1v) is 5.24. The first-order valence-electron chi connectivity index (χ1n) is 5.24. The summed E-state index contributed by atoms with van der Waals surface area (Å²) in [5, 5.41) is 11.2. The number of carbonyl (C=O) groups excluding carboxylic acids is 2. The molecule has 90 valence electrons. The van der Waals surface area contributed by atoms with Crippen molar-refractivity contribution in [2.45, 2.75) is 26.3 Å². The molecular formula is C10H16N2O4. The van der Waals surface area contributed by atoms with Gasteiger partial charge in [-0.15, -0.1) is 0 Å². The lowest BCUT2D eigenvalue weighted by Crippen LogP contribution is -2.44. The summed E-state index contributed by atoms with van der Waals surface area (Å²) in [6.07, 6.45) is 0.413. The Morgan fingerprint density at radius 1 is 1.38 bits per heavy atom. The number of carboxylic acid groups (broad SMARTS) is 1. The van der Waals surface area contributed by atoms with Gasteiger partial charge >= 0.3 is 17.8 Å². The van der Waals surface area contributed by atoms with Crippen molar-refractivity contribution in [2.24, 2.45) is 5.92 Å². The quantitative estimate of drug-likeness (QED) is 0.620. The molecule has 1 atom stereocenters. The highest BCUT2D eigenvalue weighted by atomic mass is 16.4. The first kappa shape index (κ1) is 12.5. The summed E-state index contributed by atoms with van der Waals surface area (Å²) in [4.78, 5) is 34.9. The van der Waals surface area contributed by atoms with Crippen LogP contribution in [-0.2, 0) is 14.4 Å². The molecule has 0 bridgehead atoms. The van der Waals surface area contributed by atoms with Gasteiger partial charge in [-0.25, -0.2) is 0 Å². The van der Waals surface area contributed by atoms with Gasteiger partial charge in [0.05, 0.1) is 5.92 Å². The number of aliphatic carboxylic acids is 1. The second-order valence-corrected chi connectivity index (χ2v) is 4.20. The number of rotatable bonds is 2. The Bertz CT molecular complexity index is 314. The van der Waals surface area contributed by atoms with Crippen LogP contribution in [0.25, 0.3) is 0 Å². The Morgan fingerprint density at radius 2 is 2.00 bits per heavy atom. The molecule has 2 N–H and O–H groups in total. The van der Waals surface area contributed by atoms with E-state index in [-0.39, 0.29) is 12.6 Å². The third-order valence-electron chi connectivity index (χ3n) is 2.44. The van der Waals surface area contributed by atoms with Gasteiger partial charge in [0.1, 0.15) is 0 Å². The van der Waals surface area contributed by atoms with E-state index in [2.05, 4.69) is 5.32 Å². The van der Waals surface area contributed by atoms with E-state index in [1.807, 2.05) is 0 Å². The largest absolute Gasteiger partial charge is 0.481 e. The molecule has 1 aliphatic heterocycles. The van der Waals surface area contributed by atoms with E-state index < -0.39 is 23.7 Å². The lowest BCUT2D eigenvalue weighted by molar-refractivity contribution is -0.146. The maximum atomic E-state index is 11.6. The van der Waals surface area contributed by atoms with Crippen LogP contribution < -0.4 is 5.32 Å². The van der Waals surface area contributed by atoms with E-state index >= 15 is 0 Å². The van der Waals surface area contributed by atoms with Crippen LogP contribution in [0.3, 0.4) is 0 Å². The van der Waals surface area contributed by atoms with Crippen LogP contribution in [0, 0.1) is 5.92 Å². The molecule has 1 rings (SSSR count). The predicted octanol–water partition coefficient (Wildman–Crippen LogP) is -0.556. The molecule has 1 unspecified atom stereocenters. The van der Waals surface area contributed by atoms with E-state index in [1.165, 1.54) is 4.90 Å². The first-order chi connectivity index (χ1) is 7.41. The molecule has 0 aromatic carbocycles. The highest BCUT2D eigenvalue weighted by molar-refractivity contribution is 6.35. The molecule has 0 spiro atoms. The number of hydrogen-bond donors (Lipinski definition) is 2. The summed E-state index contributed by atoms with van der Waals surface area (Å²) < 4.78 is 0. The fraction of sp³-hybridized carbons (Fsp3) is 0.700. The Balaban J connectivity index is 2.51. The van der Waals surface area contributed by atoms with Gasteiger partial charge in [-0.05, 0) is 20.3 Å². The van der Waals surface area contributed by atoms with Gasteiger partial charge in [0.15, 0.2) is 0 Å². The van der Waals surface area contributed by atoms with Gasteiger partial charge in [-0.3, -0.25) is 14.4 Å². The molecule has 2 amide bonds. The van der Waals surface area contributed by atoms with Crippen molar-refractivity contribution in [1.29, 1.82) is 0 Å². The van der Waals surface area contributed by atoms with E-state index in [0.29, 0.717) is 13.0 Å². The Morgan fingerprint density at radius 3 is 2.44 bits per heavy atom. The number of amides is 2. The van der Waals surface area contributed by atoms with E-state index in [0.717, 1.165) is 0 Å². The van der Waals surface area contributed by atoms with Crippen LogP contribution in [-0.4, -0.2) is 46.9 Å². The number of nitrogens with zero attached hydrogens (tertiary/aromatic N) is 1. The zero-order chi connectivity index (χ0) is 12.3. The number of carbonyl (C=O) groups is 3. The number of hydrogen-bond acceptors (Lipinski definition) is 3. The third-order valence-corrected chi connectivity index (χ3v) is 2.44. The molecule has 16 heavy (non-hydrogen) atoms. The monoisotopic (exact) mass is 228 g/mol. The standard InChI is InChI=1S/C10H16N2O4/c1-6(2)11-8(13)9(14)12-4-3-7(5-12)10(15)16/h6-7H,3-5H2,1-2H3,(H,11,13)(H,15,16). The van der Waals surface area contributed by atoms with Gasteiger partial charge in [-0.1, -0.05) is 0 Å². The van der Waals surface area contributed by atoms with Gasteiger partial charge in [0.2, 0.25) is 0 Å². The van der Waals surface area contributed by atoms with Crippen LogP contribution in [0.5, 0.6) is 0 Å². The minimum absolute atomic E-state index is 0.102. The molecule has 1 fully saturated rings. The molecule has 0 aromatic rings. The number of carboxylic acids is 1. The van der Waals surface area contributed by atoms with Crippen molar-refractivity contribution >= 4 is 17.8 Å². The van der Waals surface area contributed by atoms with Crippen molar-refractivity contribution in [3.63, 3.8) is 0 Å². The van der Waals surface area contributed by atoms with Crippen LogP contribution in [0.4, 0.5) is 0 Å². The lowest BCUT2D eigenvalue weighted by Gasteiger charge is -2.16. The summed E-state index contributed by atoms with van der Waals surface area (Å²) in [7, 11) is 0. The van der Waals surface area contributed by atoms with Gasteiger partial charge in [0.25, 0.3) is 0 Å². The average molecular weight is 228 g/mol. The summed E-state index contributed by atoms with van der Waals surface area (Å²) in [5.74, 6) is -2.77. The van der Waals surface area contributed by atoms with Gasteiger partial charge in [0, 0.05) is 19.1 Å². The van der Waals surface area contributed by atoms with Crippen molar-refractivity contribution in [3.05, 3.63) is 0 Å².